The molecule has 0 fully saturated rings. The summed E-state index contributed by atoms with van der Waals surface area (Å²) in [5.74, 6) is 1.83. The summed E-state index contributed by atoms with van der Waals surface area (Å²) in [5.41, 5.74) is 7.05. The standard InChI is InChI=1S/C16H24N2O3/c1-4-13(18)9-12-10-14(19-2)16(15(11-12)20-3)21-8-6-5-7-17/h10-11,13H,4-6,8-9,18H2,1-3H3. The zero-order chi connectivity index (χ0) is 15.7. The molecule has 0 heterocycles. The Balaban J connectivity index is 2.93. The first-order chi connectivity index (χ1) is 10.2. The maximum absolute atomic E-state index is 8.54. The molecule has 0 aliphatic rings. The maximum atomic E-state index is 8.54. The van der Waals surface area contributed by atoms with Gasteiger partial charge in [-0.05, 0) is 37.0 Å². The van der Waals surface area contributed by atoms with Gasteiger partial charge >= 0.3 is 0 Å². The van der Waals surface area contributed by atoms with Crippen molar-refractivity contribution in [1.82, 2.24) is 0 Å². The fourth-order valence-electron chi connectivity index (χ4n) is 1.97. The second-order valence-corrected chi connectivity index (χ2v) is 4.81. The van der Waals surface area contributed by atoms with Crippen LogP contribution in [0, 0.1) is 11.3 Å². The number of unbranched alkanes of at least 4 members (excludes halogenated alkanes) is 1. The molecule has 0 aromatic heterocycles. The van der Waals surface area contributed by atoms with E-state index < -0.39 is 0 Å². The monoisotopic (exact) mass is 292 g/mol. The van der Waals surface area contributed by atoms with E-state index in [0.717, 1.165) is 18.4 Å². The third-order valence-electron chi connectivity index (χ3n) is 3.22. The fraction of sp³-hybridized carbons (Fsp3) is 0.562. The molecule has 0 saturated carbocycles. The highest BCUT2D eigenvalue weighted by Crippen LogP contribution is 2.39. The third kappa shape index (κ3) is 5.16. The van der Waals surface area contributed by atoms with Crippen molar-refractivity contribution >= 4 is 0 Å². The first kappa shape index (κ1) is 17.1. The van der Waals surface area contributed by atoms with E-state index in [2.05, 4.69) is 13.0 Å². The molecular formula is C16H24N2O3. The minimum Gasteiger partial charge on any atom is -0.493 e. The molecule has 5 heteroatoms. The molecule has 5 nitrogen and oxygen atoms in total. The molecule has 1 atom stereocenters. The van der Waals surface area contributed by atoms with Crippen molar-refractivity contribution in [2.24, 2.45) is 5.73 Å². The number of rotatable bonds is 9. The van der Waals surface area contributed by atoms with E-state index in [1.165, 1.54) is 0 Å². The highest BCUT2D eigenvalue weighted by atomic mass is 16.5. The van der Waals surface area contributed by atoms with Crippen molar-refractivity contribution in [2.45, 2.75) is 38.6 Å². The van der Waals surface area contributed by atoms with E-state index in [4.69, 9.17) is 25.2 Å². The lowest BCUT2D eigenvalue weighted by atomic mass is 10.0. The highest BCUT2D eigenvalue weighted by molar-refractivity contribution is 5.54. The van der Waals surface area contributed by atoms with Crippen LogP contribution in [0.3, 0.4) is 0 Å². The van der Waals surface area contributed by atoms with E-state index in [1.807, 2.05) is 12.1 Å². The molecule has 1 unspecified atom stereocenters. The summed E-state index contributed by atoms with van der Waals surface area (Å²) >= 11 is 0. The predicted molar refractivity (Wildman–Crippen MR) is 81.9 cm³/mol. The number of hydrogen-bond donors (Lipinski definition) is 1. The van der Waals surface area contributed by atoms with Gasteiger partial charge in [-0.15, -0.1) is 0 Å². The topological polar surface area (TPSA) is 77.5 Å². The Kier molecular flexibility index (Phi) is 7.41. The van der Waals surface area contributed by atoms with Gasteiger partial charge in [0.05, 0.1) is 26.9 Å². The summed E-state index contributed by atoms with van der Waals surface area (Å²) in [6, 6.07) is 6.06. The van der Waals surface area contributed by atoms with Gasteiger partial charge in [-0.1, -0.05) is 6.92 Å². The summed E-state index contributed by atoms with van der Waals surface area (Å²) in [5, 5.41) is 8.54. The van der Waals surface area contributed by atoms with E-state index >= 15 is 0 Å². The van der Waals surface area contributed by atoms with Crippen LogP contribution < -0.4 is 19.9 Å². The lowest BCUT2D eigenvalue weighted by molar-refractivity contribution is 0.271. The second kappa shape index (κ2) is 9.09. The van der Waals surface area contributed by atoms with Crippen LogP contribution in [-0.2, 0) is 6.42 Å². The van der Waals surface area contributed by atoms with Crippen molar-refractivity contribution in [2.75, 3.05) is 20.8 Å². The largest absolute Gasteiger partial charge is 0.493 e. The Morgan fingerprint density at radius 1 is 1.24 bits per heavy atom. The first-order valence-electron chi connectivity index (χ1n) is 7.16. The zero-order valence-corrected chi connectivity index (χ0v) is 13.0. The number of nitrogens with two attached hydrogens (primary N) is 1. The minimum atomic E-state index is 0.113. The number of ether oxygens (including phenoxy) is 3. The first-order valence-corrected chi connectivity index (χ1v) is 7.16. The highest BCUT2D eigenvalue weighted by Gasteiger charge is 2.15. The molecule has 0 bridgehead atoms. The van der Waals surface area contributed by atoms with Crippen molar-refractivity contribution in [1.29, 1.82) is 5.26 Å². The van der Waals surface area contributed by atoms with Crippen LogP contribution >= 0.6 is 0 Å². The molecule has 21 heavy (non-hydrogen) atoms. The van der Waals surface area contributed by atoms with Crippen LogP contribution in [0.4, 0.5) is 0 Å². The van der Waals surface area contributed by atoms with Crippen LogP contribution in [0.2, 0.25) is 0 Å². The number of methoxy groups -OCH3 is 2. The Bertz CT molecular complexity index is 458. The lowest BCUT2D eigenvalue weighted by Gasteiger charge is -2.17. The molecule has 0 radical (unpaired) electrons. The lowest BCUT2D eigenvalue weighted by Crippen LogP contribution is -2.21. The summed E-state index contributed by atoms with van der Waals surface area (Å²) in [7, 11) is 3.20. The van der Waals surface area contributed by atoms with E-state index in [1.54, 1.807) is 14.2 Å². The molecule has 0 aliphatic carbocycles. The minimum absolute atomic E-state index is 0.113. The molecule has 1 aromatic carbocycles. The van der Waals surface area contributed by atoms with Crippen molar-refractivity contribution in [3.05, 3.63) is 17.7 Å². The molecule has 0 saturated heterocycles. The van der Waals surface area contributed by atoms with Crippen LogP contribution in [0.1, 0.15) is 31.7 Å². The Hall–Kier alpha value is -1.93. The van der Waals surface area contributed by atoms with Crippen LogP contribution in [0.5, 0.6) is 17.2 Å². The van der Waals surface area contributed by atoms with Gasteiger partial charge < -0.3 is 19.9 Å². The molecule has 2 N–H and O–H groups in total. The van der Waals surface area contributed by atoms with Crippen molar-refractivity contribution in [3.8, 4) is 23.3 Å². The van der Waals surface area contributed by atoms with Crippen LogP contribution in [-0.4, -0.2) is 26.9 Å². The van der Waals surface area contributed by atoms with Crippen LogP contribution in [0.25, 0.3) is 0 Å². The summed E-state index contributed by atoms with van der Waals surface area (Å²) in [6.45, 7) is 2.51. The molecule has 0 aliphatic heterocycles. The number of benzene rings is 1. The molecule has 0 amide bonds. The number of hydrogen-bond acceptors (Lipinski definition) is 5. The van der Waals surface area contributed by atoms with Gasteiger partial charge in [-0.3, -0.25) is 0 Å². The Labute approximate surface area is 126 Å². The van der Waals surface area contributed by atoms with Gasteiger partial charge in [-0.2, -0.15) is 5.26 Å². The van der Waals surface area contributed by atoms with Gasteiger partial charge in [0.2, 0.25) is 5.75 Å². The molecule has 1 aromatic rings. The van der Waals surface area contributed by atoms with Crippen molar-refractivity contribution < 1.29 is 14.2 Å². The number of nitriles is 1. The van der Waals surface area contributed by atoms with E-state index in [-0.39, 0.29) is 6.04 Å². The Morgan fingerprint density at radius 2 is 1.86 bits per heavy atom. The summed E-state index contributed by atoms with van der Waals surface area (Å²) < 4.78 is 16.5. The quantitative estimate of drug-likeness (QED) is 0.708. The third-order valence-corrected chi connectivity index (χ3v) is 3.22. The average molecular weight is 292 g/mol. The smallest absolute Gasteiger partial charge is 0.203 e. The van der Waals surface area contributed by atoms with E-state index in [0.29, 0.717) is 36.7 Å². The predicted octanol–water partition coefficient (Wildman–Crippen LogP) is 2.67. The Morgan fingerprint density at radius 3 is 2.33 bits per heavy atom. The second-order valence-electron chi connectivity index (χ2n) is 4.81. The van der Waals surface area contributed by atoms with Gasteiger partial charge in [0.1, 0.15) is 0 Å². The van der Waals surface area contributed by atoms with Gasteiger partial charge in [0, 0.05) is 12.5 Å². The zero-order valence-electron chi connectivity index (χ0n) is 13.0. The van der Waals surface area contributed by atoms with Gasteiger partial charge in [0.25, 0.3) is 0 Å². The summed E-state index contributed by atoms with van der Waals surface area (Å²) in [4.78, 5) is 0. The normalized spacial score (nSPS) is 11.6. The molecular weight excluding hydrogens is 268 g/mol. The fourth-order valence-corrected chi connectivity index (χ4v) is 1.97. The molecule has 116 valence electrons. The summed E-state index contributed by atoms with van der Waals surface area (Å²) in [6.07, 6.45) is 2.81. The van der Waals surface area contributed by atoms with Gasteiger partial charge in [-0.25, -0.2) is 0 Å². The molecule has 1 rings (SSSR count). The average Bonchev–Trinajstić information content (AvgIpc) is 2.51. The molecule has 0 spiro atoms. The van der Waals surface area contributed by atoms with Gasteiger partial charge in [0.15, 0.2) is 11.5 Å². The number of nitrogens with zero attached hydrogens (tertiary/aromatic N) is 1. The van der Waals surface area contributed by atoms with Crippen molar-refractivity contribution in [3.63, 3.8) is 0 Å². The maximum Gasteiger partial charge on any atom is 0.203 e. The van der Waals surface area contributed by atoms with E-state index in [9.17, 15) is 0 Å². The van der Waals surface area contributed by atoms with Crippen LogP contribution in [0.15, 0.2) is 12.1 Å². The SMILES string of the molecule is CCC(N)Cc1cc(OC)c(OCCCC#N)c(OC)c1.